The van der Waals surface area contributed by atoms with Crippen molar-refractivity contribution in [2.24, 2.45) is 10.9 Å². The molecule has 0 aliphatic rings. The molecule has 23 heavy (non-hydrogen) atoms. The molecule has 5 nitrogen and oxygen atoms in total. The summed E-state index contributed by atoms with van der Waals surface area (Å²) in [6.45, 7) is 0.250. The number of hydrazone groups is 1. The summed E-state index contributed by atoms with van der Waals surface area (Å²) in [6.07, 6.45) is 2.31. The highest BCUT2D eigenvalue weighted by molar-refractivity contribution is 6.35. The summed E-state index contributed by atoms with van der Waals surface area (Å²) < 4.78 is 5.71. The molecule has 0 aliphatic carbocycles. The first-order valence-corrected chi connectivity index (χ1v) is 7.58. The Bertz CT molecular complexity index is 737. The molecule has 0 bridgehead atoms. The lowest BCUT2D eigenvalue weighted by Crippen LogP contribution is -2.22. The summed E-state index contributed by atoms with van der Waals surface area (Å²) in [5.74, 6) is 5.85. The van der Waals surface area contributed by atoms with Gasteiger partial charge in [0.25, 0.3) is 0 Å². The SMILES string of the molecule is N=CN(N)N=Cc1cccc(OCc2ccc(Cl)cc2Cl)c1Cl. The molecular weight excluding hydrogens is 359 g/mol. The molecule has 0 unspecified atom stereocenters. The van der Waals surface area contributed by atoms with Gasteiger partial charge < -0.3 is 4.74 Å². The van der Waals surface area contributed by atoms with Crippen LogP contribution >= 0.6 is 34.8 Å². The van der Waals surface area contributed by atoms with E-state index in [1.807, 2.05) is 0 Å². The first-order chi connectivity index (χ1) is 11.0. The van der Waals surface area contributed by atoms with E-state index in [2.05, 4.69) is 5.10 Å². The van der Waals surface area contributed by atoms with Gasteiger partial charge in [0.1, 0.15) is 18.7 Å². The summed E-state index contributed by atoms with van der Waals surface area (Å²) in [5.41, 5.74) is 1.41. The number of halogens is 3. The Morgan fingerprint density at radius 1 is 1.22 bits per heavy atom. The fourth-order valence-corrected chi connectivity index (χ4v) is 2.39. The Labute approximate surface area is 148 Å². The van der Waals surface area contributed by atoms with Crippen LogP contribution in [0.15, 0.2) is 41.5 Å². The molecule has 0 amide bonds. The maximum Gasteiger partial charge on any atom is 0.139 e. The lowest BCUT2D eigenvalue weighted by atomic mass is 10.2. The lowest BCUT2D eigenvalue weighted by Gasteiger charge is -2.11. The largest absolute Gasteiger partial charge is 0.487 e. The quantitative estimate of drug-likeness (QED) is 0.343. The van der Waals surface area contributed by atoms with E-state index >= 15 is 0 Å². The molecular formula is C15H13Cl3N4O. The summed E-state index contributed by atoms with van der Waals surface area (Å²) in [5, 5.41) is 13.1. The van der Waals surface area contributed by atoms with Crippen LogP contribution in [0.4, 0.5) is 0 Å². The van der Waals surface area contributed by atoms with Crippen LogP contribution in [-0.2, 0) is 6.61 Å². The Balaban J connectivity index is 2.14. The Morgan fingerprint density at radius 3 is 2.70 bits per heavy atom. The van der Waals surface area contributed by atoms with E-state index in [0.29, 0.717) is 26.4 Å². The predicted octanol–water partition coefficient (Wildman–Crippen LogP) is 4.34. The maximum absolute atomic E-state index is 6.95. The Hall–Kier alpha value is -1.79. The van der Waals surface area contributed by atoms with Crippen LogP contribution < -0.4 is 10.6 Å². The van der Waals surface area contributed by atoms with Crippen LogP contribution in [0.2, 0.25) is 15.1 Å². The van der Waals surface area contributed by atoms with Crippen molar-refractivity contribution in [1.29, 1.82) is 5.41 Å². The van der Waals surface area contributed by atoms with Gasteiger partial charge in [0.15, 0.2) is 0 Å². The van der Waals surface area contributed by atoms with Gasteiger partial charge in [-0.25, -0.2) is 5.84 Å². The second-order valence-electron chi connectivity index (χ2n) is 4.44. The summed E-state index contributed by atoms with van der Waals surface area (Å²) in [4.78, 5) is 0. The third-order valence-corrected chi connectivity index (χ3v) is 3.85. The van der Waals surface area contributed by atoms with Crippen LogP contribution in [0, 0.1) is 5.41 Å². The van der Waals surface area contributed by atoms with E-state index < -0.39 is 0 Å². The topological polar surface area (TPSA) is 74.7 Å². The predicted molar refractivity (Wildman–Crippen MR) is 94.7 cm³/mol. The number of hydrazine groups is 1. The molecule has 0 saturated carbocycles. The third-order valence-electron chi connectivity index (χ3n) is 2.85. The molecule has 2 aromatic carbocycles. The van der Waals surface area contributed by atoms with Crippen molar-refractivity contribution in [3.63, 3.8) is 0 Å². The molecule has 0 radical (unpaired) electrons. The zero-order valence-corrected chi connectivity index (χ0v) is 14.1. The second kappa shape index (κ2) is 8.17. The van der Waals surface area contributed by atoms with Crippen LogP contribution in [0.1, 0.15) is 11.1 Å². The number of hydrogen-bond donors (Lipinski definition) is 2. The van der Waals surface area contributed by atoms with E-state index in [9.17, 15) is 0 Å². The van der Waals surface area contributed by atoms with Crippen LogP contribution in [0.5, 0.6) is 5.75 Å². The molecule has 0 aliphatic heterocycles. The first-order valence-electron chi connectivity index (χ1n) is 6.45. The number of ether oxygens (including phenoxy) is 1. The molecule has 2 rings (SSSR count). The number of nitrogens with zero attached hydrogens (tertiary/aromatic N) is 2. The minimum atomic E-state index is 0.250. The van der Waals surface area contributed by atoms with Crippen LogP contribution in [0.25, 0.3) is 0 Å². The Kier molecular flexibility index (Phi) is 6.24. The number of hydrogen-bond acceptors (Lipinski definition) is 4. The molecule has 2 aromatic rings. The number of rotatable bonds is 6. The average molecular weight is 372 g/mol. The number of nitrogens with one attached hydrogen (secondary N) is 1. The van der Waals surface area contributed by atoms with Gasteiger partial charge in [-0.15, -0.1) is 0 Å². The van der Waals surface area contributed by atoms with Crippen LogP contribution in [-0.4, -0.2) is 17.7 Å². The fourth-order valence-electron chi connectivity index (χ4n) is 1.70. The maximum atomic E-state index is 6.95. The van der Waals surface area contributed by atoms with Gasteiger partial charge in [0.05, 0.1) is 11.2 Å². The van der Waals surface area contributed by atoms with Crippen molar-refractivity contribution in [2.45, 2.75) is 6.61 Å². The van der Waals surface area contributed by atoms with E-state index in [0.717, 1.165) is 17.0 Å². The van der Waals surface area contributed by atoms with Crippen LogP contribution in [0.3, 0.4) is 0 Å². The van der Waals surface area contributed by atoms with Crippen molar-refractivity contribution >= 4 is 47.4 Å². The average Bonchev–Trinajstić information content (AvgIpc) is 2.53. The fraction of sp³-hybridized carbons (Fsp3) is 0.0667. The van der Waals surface area contributed by atoms with Crippen molar-refractivity contribution in [2.75, 3.05) is 0 Å². The highest BCUT2D eigenvalue weighted by Gasteiger charge is 2.08. The van der Waals surface area contributed by atoms with Crippen molar-refractivity contribution in [3.8, 4) is 5.75 Å². The van der Waals surface area contributed by atoms with Crippen molar-refractivity contribution < 1.29 is 4.74 Å². The monoisotopic (exact) mass is 370 g/mol. The molecule has 8 heteroatoms. The molecule has 0 heterocycles. The van der Waals surface area contributed by atoms with E-state index in [-0.39, 0.29) is 6.61 Å². The molecule has 120 valence electrons. The molecule has 3 N–H and O–H groups in total. The summed E-state index contributed by atoms with van der Waals surface area (Å²) >= 11 is 18.2. The molecule has 0 spiro atoms. The minimum Gasteiger partial charge on any atom is -0.487 e. The van der Waals surface area contributed by atoms with Gasteiger partial charge in [-0.3, -0.25) is 5.41 Å². The molecule has 0 fully saturated rings. The number of benzene rings is 2. The van der Waals surface area contributed by atoms with Gasteiger partial charge in [0.2, 0.25) is 0 Å². The van der Waals surface area contributed by atoms with Gasteiger partial charge >= 0.3 is 0 Å². The van der Waals surface area contributed by atoms with E-state index in [4.69, 9.17) is 50.8 Å². The smallest absolute Gasteiger partial charge is 0.139 e. The highest BCUT2D eigenvalue weighted by atomic mass is 35.5. The standard InChI is InChI=1S/C15H13Cl3N4O/c16-12-5-4-11(13(17)6-12)8-23-14-3-1-2-10(15(14)18)7-21-22(20)9-19/h1-7,9,19H,8,20H2. The minimum absolute atomic E-state index is 0.250. The highest BCUT2D eigenvalue weighted by Crippen LogP contribution is 2.29. The molecule has 0 atom stereocenters. The Morgan fingerprint density at radius 2 is 2.00 bits per heavy atom. The first kappa shape index (κ1) is 17.6. The molecule has 0 aromatic heterocycles. The van der Waals surface area contributed by atoms with Gasteiger partial charge in [-0.1, -0.05) is 53.0 Å². The zero-order valence-electron chi connectivity index (χ0n) is 11.8. The second-order valence-corrected chi connectivity index (χ2v) is 5.66. The molecule has 0 saturated heterocycles. The zero-order chi connectivity index (χ0) is 16.8. The van der Waals surface area contributed by atoms with Gasteiger partial charge in [-0.05, 0) is 18.2 Å². The van der Waals surface area contributed by atoms with Crippen molar-refractivity contribution in [1.82, 2.24) is 5.12 Å². The normalized spacial score (nSPS) is 10.8. The summed E-state index contributed by atoms with van der Waals surface area (Å²) in [6, 6.07) is 10.5. The number of nitrogens with two attached hydrogens (primary N) is 1. The third kappa shape index (κ3) is 4.84. The van der Waals surface area contributed by atoms with E-state index in [1.54, 1.807) is 36.4 Å². The lowest BCUT2D eigenvalue weighted by molar-refractivity contribution is 0.306. The summed E-state index contributed by atoms with van der Waals surface area (Å²) in [7, 11) is 0. The van der Waals surface area contributed by atoms with Gasteiger partial charge in [0, 0.05) is 21.2 Å². The van der Waals surface area contributed by atoms with Crippen molar-refractivity contribution in [3.05, 3.63) is 62.6 Å². The van der Waals surface area contributed by atoms with Gasteiger partial charge in [-0.2, -0.15) is 10.2 Å². The van der Waals surface area contributed by atoms with E-state index in [1.165, 1.54) is 6.21 Å².